The molecule has 3 rings (SSSR count). The highest BCUT2D eigenvalue weighted by molar-refractivity contribution is 5.82. The highest BCUT2D eigenvalue weighted by atomic mass is 16.6. The number of aldehydes is 1. The van der Waals surface area contributed by atoms with Crippen LogP contribution in [0.25, 0.3) is 0 Å². The normalized spacial score (nSPS) is 20.8. The Morgan fingerprint density at radius 3 is 2.37 bits per heavy atom. The first-order valence-electron chi connectivity index (χ1n) is 10.7. The van der Waals surface area contributed by atoms with Crippen LogP contribution in [0.3, 0.4) is 0 Å². The van der Waals surface area contributed by atoms with Crippen LogP contribution in [0.2, 0.25) is 0 Å². The minimum Gasteiger partial charge on any atom is -0.461 e. The largest absolute Gasteiger partial charge is 0.461 e. The van der Waals surface area contributed by atoms with E-state index in [4.69, 9.17) is 9.47 Å². The van der Waals surface area contributed by atoms with E-state index < -0.39 is 17.7 Å². The summed E-state index contributed by atoms with van der Waals surface area (Å²) in [5.74, 6) is -0.353. The van der Waals surface area contributed by atoms with Crippen molar-refractivity contribution in [1.82, 2.24) is 9.80 Å². The van der Waals surface area contributed by atoms with E-state index in [0.717, 1.165) is 37.5 Å². The molecule has 1 saturated carbocycles. The van der Waals surface area contributed by atoms with Crippen LogP contribution < -0.4 is 0 Å². The Morgan fingerprint density at radius 1 is 1.10 bits per heavy atom. The number of rotatable bonds is 5. The average molecular weight is 417 g/mol. The molecule has 7 heteroatoms. The maximum Gasteiger partial charge on any atom is 0.411 e. The molecule has 164 valence electrons. The summed E-state index contributed by atoms with van der Waals surface area (Å²) in [6, 6.07) is 6.70. The second kappa shape index (κ2) is 9.60. The van der Waals surface area contributed by atoms with Crippen LogP contribution >= 0.6 is 0 Å². The highest BCUT2D eigenvalue weighted by Crippen LogP contribution is 2.24. The summed E-state index contributed by atoms with van der Waals surface area (Å²) in [5, 5.41) is 0. The molecule has 0 aromatic heterocycles. The number of esters is 1. The Balaban J connectivity index is 1.70. The van der Waals surface area contributed by atoms with Gasteiger partial charge in [0.1, 0.15) is 24.0 Å². The van der Waals surface area contributed by atoms with Crippen molar-refractivity contribution >= 4 is 18.3 Å². The van der Waals surface area contributed by atoms with Gasteiger partial charge in [0, 0.05) is 31.7 Å². The molecule has 1 saturated heterocycles. The van der Waals surface area contributed by atoms with Gasteiger partial charge in [-0.3, -0.25) is 14.6 Å². The van der Waals surface area contributed by atoms with E-state index in [9.17, 15) is 14.4 Å². The lowest BCUT2D eigenvalue weighted by atomic mass is 10.1. The molecule has 1 aromatic rings. The molecule has 7 nitrogen and oxygen atoms in total. The Kier molecular flexibility index (Phi) is 7.13. The van der Waals surface area contributed by atoms with E-state index in [0.29, 0.717) is 31.7 Å². The molecule has 1 unspecified atom stereocenters. The van der Waals surface area contributed by atoms with Gasteiger partial charge in [-0.05, 0) is 52.0 Å². The van der Waals surface area contributed by atoms with Gasteiger partial charge in [-0.25, -0.2) is 9.59 Å². The maximum absolute atomic E-state index is 13.0. The fourth-order valence-corrected chi connectivity index (χ4v) is 3.93. The summed E-state index contributed by atoms with van der Waals surface area (Å²) in [6.07, 6.45) is 4.20. The fraction of sp³-hybridized carbons (Fsp3) is 0.609. The Bertz CT molecular complexity index is 750. The molecule has 2 aliphatic rings. The molecule has 1 amide bonds. The standard InChI is InChI=1S/C23H32N2O5/c1-23(2,3)30-22(28)25-13-12-24(14-17-8-10-18(16-26)11-9-17)15-20(25)21(27)29-19-6-4-5-7-19/h8-11,16,19-20H,4-7,12-15H2,1-3H3. The first kappa shape index (κ1) is 22.3. The van der Waals surface area contributed by atoms with Crippen molar-refractivity contribution in [3.63, 3.8) is 0 Å². The number of ether oxygens (including phenoxy) is 2. The number of amides is 1. The lowest BCUT2D eigenvalue weighted by molar-refractivity contribution is -0.157. The van der Waals surface area contributed by atoms with Gasteiger partial charge in [-0.2, -0.15) is 0 Å². The Morgan fingerprint density at radius 2 is 1.77 bits per heavy atom. The number of benzene rings is 1. The zero-order valence-corrected chi connectivity index (χ0v) is 18.1. The third-order valence-electron chi connectivity index (χ3n) is 5.47. The van der Waals surface area contributed by atoms with Crippen LogP contribution in [0.1, 0.15) is 62.4 Å². The second-order valence-corrected chi connectivity index (χ2v) is 9.13. The van der Waals surface area contributed by atoms with Crippen molar-refractivity contribution in [3.8, 4) is 0 Å². The van der Waals surface area contributed by atoms with Crippen LogP contribution in [0.4, 0.5) is 4.79 Å². The predicted octanol–water partition coefficient (Wildman–Crippen LogP) is 3.41. The molecule has 1 aliphatic carbocycles. The van der Waals surface area contributed by atoms with Crippen LogP contribution in [0, 0.1) is 0 Å². The molecule has 0 radical (unpaired) electrons. The molecule has 1 aromatic carbocycles. The molecule has 0 bridgehead atoms. The van der Waals surface area contributed by atoms with Gasteiger partial charge in [0.2, 0.25) is 0 Å². The van der Waals surface area contributed by atoms with Gasteiger partial charge in [0.25, 0.3) is 0 Å². The number of carbonyl (C=O) groups excluding carboxylic acids is 3. The summed E-state index contributed by atoms with van der Waals surface area (Å²) >= 11 is 0. The minimum absolute atomic E-state index is 0.0516. The number of carbonyl (C=O) groups is 3. The molecule has 1 heterocycles. The summed E-state index contributed by atoms with van der Waals surface area (Å²) in [6.45, 7) is 7.49. The summed E-state index contributed by atoms with van der Waals surface area (Å²) < 4.78 is 11.3. The summed E-state index contributed by atoms with van der Waals surface area (Å²) in [4.78, 5) is 40.2. The second-order valence-electron chi connectivity index (χ2n) is 9.13. The van der Waals surface area contributed by atoms with Crippen LogP contribution in [0.5, 0.6) is 0 Å². The molecular weight excluding hydrogens is 384 g/mol. The van der Waals surface area contributed by atoms with E-state index in [1.165, 1.54) is 4.90 Å². The zero-order chi connectivity index (χ0) is 21.7. The van der Waals surface area contributed by atoms with Gasteiger partial charge in [0.15, 0.2) is 0 Å². The summed E-state index contributed by atoms with van der Waals surface area (Å²) in [5.41, 5.74) is 1.05. The third kappa shape index (κ3) is 6.05. The van der Waals surface area contributed by atoms with E-state index >= 15 is 0 Å². The van der Waals surface area contributed by atoms with E-state index in [2.05, 4.69) is 4.90 Å². The van der Waals surface area contributed by atoms with Crippen molar-refractivity contribution in [2.75, 3.05) is 19.6 Å². The van der Waals surface area contributed by atoms with Crippen LogP contribution in [0.15, 0.2) is 24.3 Å². The van der Waals surface area contributed by atoms with Crippen molar-refractivity contribution < 1.29 is 23.9 Å². The number of nitrogens with zero attached hydrogens (tertiary/aromatic N) is 2. The van der Waals surface area contributed by atoms with Crippen LogP contribution in [-0.4, -0.2) is 65.5 Å². The molecule has 0 spiro atoms. The number of hydrogen-bond donors (Lipinski definition) is 0. The fourth-order valence-electron chi connectivity index (χ4n) is 3.93. The molecule has 0 N–H and O–H groups in total. The first-order chi connectivity index (χ1) is 14.2. The third-order valence-corrected chi connectivity index (χ3v) is 5.47. The molecule has 2 fully saturated rings. The first-order valence-corrected chi connectivity index (χ1v) is 10.7. The van der Waals surface area contributed by atoms with Gasteiger partial charge in [0.05, 0.1) is 0 Å². The van der Waals surface area contributed by atoms with E-state index in [1.807, 2.05) is 32.9 Å². The van der Waals surface area contributed by atoms with Crippen molar-refractivity contribution in [2.45, 2.75) is 70.7 Å². The van der Waals surface area contributed by atoms with Crippen molar-refractivity contribution in [1.29, 1.82) is 0 Å². The Hall–Kier alpha value is -2.41. The average Bonchev–Trinajstić information content (AvgIpc) is 3.20. The van der Waals surface area contributed by atoms with Gasteiger partial charge in [-0.15, -0.1) is 0 Å². The van der Waals surface area contributed by atoms with E-state index in [-0.39, 0.29) is 12.1 Å². The lowest BCUT2D eigenvalue weighted by Gasteiger charge is -2.40. The van der Waals surface area contributed by atoms with Gasteiger partial charge in [-0.1, -0.05) is 24.3 Å². The quantitative estimate of drug-likeness (QED) is 0.541. The number of piperazine rings is 1. The van der Waals surface area contributed by atoms with Crippen molar-refractivity contribution in [3.05, 3.63) is 35.4 Å². The van der Waals surface area contributed by atoms with Gasteiger partial charge < -0.3 is 9.47 Å². The molecule has 1 atom stereocenters. The lowest BCUT2D eigenvalue weighted by Crippen LogP contribution is -2.59. The zero-order valence-electron chi connectivity index (χ0n) is 18.1. The molecular formula is C23H32N2O5. The van der Waals surface area contributed by atoms with Crippen molar-refractivity contribution in [2.24, 2.45) is 0 Å². The maximum atomic E-state index is 13.0. The SMILES string of the molecule is CC(C)(C)OC(=O)N1CCN(Cc2ccc(C=O)cc2)CC1C(=O)OC1CCCC1. The smallest absolute Gasteiger partial charge is 0.411 e. The topological polar surface area (TPSA) is 76.2 Å². The monoisotopic (exact) mass is 416 g/mol. The highest BCUT2D eigenvalue weighted by Gasteiger charge is 2.39. The molecule has 1 aliphatic heterocycles. The van der Waals surface area contributed by atoms with Gasteiger partial charge >= 0.3 is 12.1 Å². The number of hydrogen-bond acceptors (Lipinski definition) is 6. The predicted molar refractivity (Wildman–Crippen MR) is 112 cm³/mol. The minimum atomic E-state index is -0.691. The summed E-state index contributed by atoms with van der Waals surface area (Å²) in [7, 11) is 0. The van der Waals surface area contributed by atoms with Crippen LogP contribution in [-0.2, 0) is 20.8 Å². The van der Waals surface area contributed by atoms with E-state index in [1.54, 1.807) is 12.1 Å². The Labute approximate surface area is 178 Å². The molecule has 30 heavy (non-hydrogen) atoms.